The Morgan fingerprint density at radius 1 is 1.53 bits per heavy atom. The minimum atomic E-state index is 0.0740. The van der Waals surface area contributed by atoms with Crippen LogP contribution in [0.2, 0.25) is 0 Å². The van der Waals surface area contributed by atoms with E-state index >= 15 is 0 Å². The Labute approximate surface area is 114 Å². The van der Waals surface area contributed by atoms with E-state index in [-0.39, 0.29) is 11.9 Å². The highest BCUT2D eigenvalue weighted by Crippen LogP contribution is 2.26. The third-order valence-electron chi connectivity index (χ3n) is 3.71. The van der Waals surface area contributed by atoms with Crippen molar-refractivity contribution in [2.45, 2.75) is 25.8 Å². The molecule has 0 aliphatic carbocycles. The quantitative estimate of drug-likeness (QED) is 0.904. The third kappa shape index (κ3) is 2.89. The van der Waals surface area contributed by atoms with Crippen LogP contribution >= 0.6 is 0 Å². The summed E-state index contributed by atoms with van der Waals surface area (Å²) in [6.07, 6.45) is 2.05. The molecule has 0 spiro atoms. The Hall–Kier alpha value is -1.55. The lowest BCUT2D eigenvalue weighted by molar-refractivity contribution is 0.0632. The first kappa shape index (κ1) is 13.9. The van der Waals surface area contributed by atoms with Gasteiger partial charge in [0.2, 0.25) is 0 Å². The number of likely N-dealkylation sites (N-methyl/N-ethyl adjacent to an activating group) is 1. The molecule has 1 aliphatic rings. The molecule has 0 fully saturated rings. The highest BCUT2D eigenvalue weighted by atomic mass is 16.5. The summed E-state index contributed by atoms with van der Waals surface area (Å²) >= 11 is 0. The number of benzene rings is 1. The summed E-state index contributed by atoms with van der Waals surface area (Å²) in [5.74, 6) is 0.0742. The van der Waals surface area contributed by atoms with Crippen LogP contribution < -0.4 is 5.32 Å². The maximum atomic E-state index is 12.6. The molecule has 0 bridgehead atoms. The van der Waals surface area contributed by atoms with Crippen molar-refractivity contribution in [2.75, 3.05) is 32.6 Å². The van der Waals surface area contributed by atoms with Crippen LogP contribution in [0.4, 0.5) is 5.69 Å². The molecule has 1 N–H and O–H groups in total. The van der Waals surface area contributed by atoms with Crippen molar-refractivity contribution in [1.82, 2.24) is 4.90 Å². The van der Waals surface area contributed by atoms with Gasteiger partial charge < -0.3 is 15.0 Å². The van der Waals surface area contributed by atoms with Gasteiger partial charge in [-0.2, -0.15) is 0 Å². The summed E-state index contributed by atoms with van der Waals surface area (Å²) < 4.78 is 5.12. The molecule has 1 unspecified atom stereocenters. The first-order valence-corrected chi connectivity index (χ1v) is 6.77. The Balaban J connectivity index is 2.24. The summed E-state index contributed by atoms with van der Waals surface area (Å²) in [6, 6.07) is 5.98. The number of ether oxygens (including phenoxy) is 1. The highest BCUT2D eigenvalue weighted by molar-refractivity contribution is 5.97. The Bertz CT molecular complexity index is 459. The fourth-order valence-corrected chi connectivity index (χ4v) is 2.45. The van der Waals surface area contributed by atoms with Gasteiger partial charge in [-0.15, -0.1) is 0 Å². The third-order valence-corrected chi connectivity index (χ3v) is 3.71. The highest BCUT2D eigenvalue weighted by Gasteiger charge is 2.22. The zero-order valence-electron chi connectivity index (χ0n) is 11.9. The maximum absolute atomic E-state index is 12.6. The molecule has 1 aliphatic heterocycles. The Morgan fingerprint density at radius 2 is 2.32 bits per heavy atom. The standard InChI is InChI=1S/C15H22N2O2/c1-11(10-19-3)17(2)15(18)13-6-4-8-14-12(13)7-5-9-16-14/h4,6,8,11,16H,5,7,9-10H2,1-3H3. The second-order valence-electron chi connectivity index (χ2n) is 5.08. The number of hydrogen-bond donors (Lipinski definition) is 1. The molecule has 0 saturated heterocycles. The SMILES string of the molecule is COCC(C)N(C)C(=O)c1cccc2c1CCCN2. The number of rotatable bonds is 4. The lowest BCUT2D eigenvalue weighted by atomic mass is 9.96. The van der Waals surface area contributed by atoms with Crippen LogP contribution in [0.15, 0.2) is 18.2 Å². The fraction of sp³-hybridized carbons (Fsp3) is 0.533. The van der Waals surface area contributed by atoms with Crippen LogP contribution in [0.1, 0.15) is 29.3 Å². The van der Waals surface area contributed by atoms with Crippen LogP contribution in [0, 0.1) is 0 Å². The molecular weight excluding hydrogens is 240 g/mol. The monoisotopic (exact) mass is 262 g/mol. The van der Waals surface area contributed by atoms with Crippen LogP contribution in [0.5, 0.6) is 0 Å². The number of fused-ring (bicyclic) bond motifs is 1. The lowest BCUT2D eigenvalue weighted by Gasteiger charge is -2.27. The van der Waals surface area contributed by atoms with Gasteiger partial charge in [0.25, 0.3) is 5.91 Å². The smallest absolute Gasteiger partial charge is 0.254 e. The van der Waals surface area contributed by atoms with Crippen LogP contribution in [0.25, 0.3) is 0 Å². The topological polar surface area (TPSA) is 41.6 Å². The average molecular weight is 262 g/mol. The summed E-state index contributed by atoms with van der Waals surface area (Å²) in [5, 5.41) is 3.36. The number of anilines is 1. The number of carbonyl (C=O) groups is 1. The van der Waals surface area contributed by atoms with E-state index in [0.29, 0.717) is 6.61 Å². The minimum Gasteiger partial charge on any atom is -0.385 e. The van der Waals surface area contributed by atoms with Gasteiger partial charge in [-0.05, 0) is 37.5 Å². The normalized spacial score (nSPS) is 15.3. The zero-order valence-corrected chi connectivity index (χ0v) is 11.9. The fourth-order valence-electron chi connectivity index (χ4n) is 2.45. The molecule has 1 atom stereocenters. The molecule has 1 amide bonds. The van der Waals surface area contributed by atoms with Gasteiger partial charge in [0.15, 0.2) is 0 Å². The largest absolute Gasteiger partial charge is 0.385 e. The molecular formula is C15H22N2O2. The molecule has 2 rings (SSSR count). The maximum Gasteiger partial charge on any atom is 0.254 e. The van der Waals surface area contributed by atoms with Gasteiger partial charge in [0, 0.05) is 32.0 Å². The number of nitrogens with zero attached hydrogens (tertiary/aromatic N) is 1. The molecule has 0 aromatic heterocycles. The lowest BCUT2D eigenvalue weighted by Crippen LogP contribution is -2.38. The van der Waals surface area contributed by atoms with Gasteiger partial charge in [0.1, 0.15) is 0 Å². The predicted molar refractivity (Wildman–Crippen MR) is 76.7 cm³/mol. The molecule has 1 aromatic carbocycles. The molecule has 19 heavy (non-hydrogen) atoms. The van der Waals surface area contributed by atoms with Crippen molar-refractivity contribution >= 4 is 11.6 Å². The predicted octanol–water partition coefficient (Wildman–Crippen LogP) is 2.15. The second-order valence-corrected chi connectivity index (χ2v) is 5.08. The van der Waals surface area contributed by atoms with Gasteiger partial charge in [0.05, 0.1) is 12.6 Å². The molecule has 0 saturated carbocycles. The van der Waals surface area contributed by atoms with Gasteiger partial charge in [-0.3, -0.25) is 4.79 Å². The first-order chi connectivity index (χ1) is 9.15. The van der Waals surface area contributed by atoms with Crippen LogP contribution in [-0.2, 0) is 11.2 Å². The molecule has 1 heterocycles. The summed E-state index contributed by atoms with van der Waals surface area (Å²) in [4.78, 5) is 14.3. The van der Waals surface area contributed by atoms with Gasteiger partial charge in [-0.1, -0.05) is 6.07 Å². The van der Waals surface area contributed by atoms with E-state index in [4.69, 9.17) is 4.74 Å². The van der Waals surface area contributed by atoms with E-state index in [0.717, 1.165) is 36.2 Å². The van der Waals surface area contributed by atoms with Crippen molar-refractivity contribution in [3.8, 4) is 0 Å². The minimum absolute atomic E-state index is 0.0740. The van der Waals surface area contributed by atoms with Crippen molar-refractivity contribution < 1.29 is 9.53 Å². The summed E-state index contributed by atoms with van der Waals surface area (Å²) in [7, 11) is 3.49. The van der Waals surface area contributed by atoms with Crippen LogP contribution in [-0.4, -0.2) is 44.2 Å². The average Bonchev–Trinajstić information content (AvgIpc) is 2.45. The number of nitrogens with one attached hydrogen (secondary N) is 1. The molecule has 104 valence electrons. The Kier molecular flexibility index (Phi) is 4.43. The van der Waals surface area contributed by atoms with E-state index in [2.05, 4.69) is 5.32 Å². The van der Waals surface area contributed by atoms with Crippen molar-refractivity contribution in [1.29, 1.82) is 0 Å². The first-order valence-electron chi connectivity index (χ1n) is 6.77. The number of amides is 1. The number of carbonyl (C=O) groups excluding carboxylic acids is 1. The summed E-state index contributed by atoms with van der Waals surface area (Å²) in [6.45, 7) is 3.53. The second kappa shape index (κ2) is 6.06. The van der Waals surface area contributed by atoms with Gasteiger partial charge >= 0.3 is 0 Å². The van der Waals surface area contributed by atoms with Crippen molar-refractivity contribution in [3.63, 3.8) is 0 Å². The molecule has 4 heteroatoms. The van der Waals surface area contributed by atoms with E-state index in [1.165, 1.54) is 0 Å². The molecule has 0 radical (unpaired) electrons. The van der Waals surface area contributed by atoms with Gasteiger partial charge in [-0.25, -0.2) is 0 Å². The Morgan fingerprint density at radius 3 is 3.05 bits per heavy atom. The summed E-state index contributed by atoms with van der Waals surface area (Å²) in [5.41, 5.74) is 3.07. The number of methoxy groups -OCH3 is 1. The number of hydrogen-bond acceptors (Lipinski definition) is 3. The van der Waals surface area contributed by atoms with Crippen LogP contribution in [0.3, 0.4) is 0 Å². The molecule has 1 aromatic rings. The van der Waals surface area contributed by atoms with Crippen molar-refractivity contribution in [3.05, 3.63) is 29.3 Å². The van der Waals surface area contributed by atoms with E-state index in [9.17, 15) is 4.79 Å². The van der Waals surface area contributed by atoms with E-state index in [1.807, 2.05) is 32.2 Å². The van der Waals surface area contributed by atoms with Crippen molar-refractivity contribution in [2.24, 2.45) is 0 Å². The van der Waals surface area contributed by atoms with E-state index < -0.39 is 0 Å². The molecule has 4 nitrogen and oxygen atoms in total. The zero-order chi connectivity index (χ0) is 13.8. The van der Waals surface area contributed by atoms with E-state index in [1.54, 1.807) is 12.0 Å².